The first-order chi connectivity index (χ1) is 11.8. The molecule has 2 unspecified atom stereocenters. The molecule has 6 nitrogen and oxygen atoms in total. The molecule has 0 spiro atoms. The Morgan fingerprint density at radius 2 is 2.04 bits per heavy atom. The zero-order chi connectivity index (χ0) is 18.4. The van der Waals surface area contributed by atoms with Crippen LogP contribution in [-0.2, 0) is 14.8 Å². The lowest BCUT2D eigenvalue weighted by atomic mass is 10.1. The first-order valence-corrected chi connectivity index (χ1v) is 11.3. The lowest BCUT2D eigenvalue weighted by molar-refractivity contribution is -0.134. The van der Waals surface area contributed by atoms with Gasteiger partial charge in [0.05, 0.1) is 4.90 Å². The standard InChI is InChI=1S/C17H27N3O3S2.ClH/c1-13-4-6-15(7-5-13)25(22,23)19-16(8-11-24-3)17(21)20-10-9-18-14(2)12-20;/h4-7,14,16,18-19H,8-12H2,1-3H3;1H. The molecule has 2 N–H and O–H groups in total. The van der Waals surface area contributed by atoms with Crippen LogP contribution in [0.15, 0.2) is 29.2 Å². The molecule has 1 heterocycles. The Kier molecular flexibility index (Phi) is 9.40. The van der Waals surface area contributed by atoms with Gasteiger partial charge in [-0.3, -0.25) is 4.79 Å². The number of rotatable bonds is 7. The third kappa shape index (κ3) is 6.42. The SMILES string of the molecule is CSCCC(NS(=O)(=O)c1ccc(C)cc1)C(=O)N1CCNC(C)C1.Cl. The van der Waals surface area contributed by atoms with Crippen molar-refractivity contribution in [3.63, 3.8) is 0 Å². The number of benzene rings is 1. The van der Waals surface area contributed by atoms with Crippen LogP contribution in [0.2, 0.25) is 0 Å². The van der Waals surface area contributed by atoms with Gasteiger partial charge in [-0.15, -0.1) is 12.4 Å². The van der Waals surface area contributed by atoms with Crippen LogP contribution in [0, 0.1) is 6.92 Å². The molecule has 0 radical (unpaired) electrons. The Morgan fingerprint density at radius 3 is 2.62 bits per heavy atom. The number of carbonyl (C=O) groups excluding carboxylic acids is 1. The Bertz CT molecular complexity index is 683. The largest absolute Gasteiger partial charge is 0.338 e. The van der Waals surface area contributed by atoms with Gasteiger partial charge in [-0.05, 0) is 44.4 Å². The van der Waals surface area contributed by atoms with Gasteiger partial charge in [0.25, 0.3) is 0 Å². The summed E-state index contributed by atoms with van der Waals surface area (Å²) in [4.78, 5) is 14.8. The Balaban J connectivity index is 0.00000338. The number of amides is 1. The number of aryl methyl sites for hydroxylation is 1. The quantitative estimate of drug-likeness (QED) is 0.699. The van der Waals surface area contributed by atoms with Crippen molar-refractivity contribution in [2.45, 2.75) is 37.2 Å². The highest BCUT2D eigenvalue weighted by Gasteiger charge is 2.30. The molecule has 0 saturated carbocycles. The molecule has 2 atom stereocenters. The fourth-order valence-electron chi connectivity index (χ4n) is 2.79. The average Bonchev–Trinajstić information content (AvgIpc) is 2.58. The smallest absolute Gasteiger partial charge is 0.241 e. The van der Waals surface area contributed by atoms with Crippen LogP contribution in [0.25, 0.3) is 0 Å². The summed E-state index contributed by atoms with van der Waals surface area (Å²) in [5, 5.41) is 3.29. The molecule has 2 rings (SSSR count). The molecule has 1 aromatic carbocycles. The molecule has 1 aliphatic rings. The van der Waals surface area contributed by atoms with Gasteiger partial charge in [-0.25, -0.2) is 8.42 Å². The lowest BCUT2D eigenvalue weighted by Gasteiger charge is -2.34. The number of sulfonamides is 1. The summed E-state index contributed by atoms with van der Waals surface area (Å²) in [7, 11) is -3.73. The van der Waals surface area contributed by atoms with E-state index in [1.807, 2.05) is 20.1 Å². The second-order valence-corrected chi connectivity index (χ2v) is 9.11. The fourth-order valence-corrected chi connectivity index (χ4v) is 4.49. The molecule has 9 heteroatoms. The van der Waals surface area contributed by atoms with Gasteiger partial charge in [0.15, 0.2) is 0 Å². The predicted octanol–water partition coefficient (Wildman–Crippen LogP) is 1.64. The summed E-state index contributed by atoms with van der Waals surface area (Å²) in [6, 6.07) is 6.13. The minimum absolute atomic E-state index is 0. The monoisotopic (exact) mass is 421 g/mol. The first kappa shape index (κ1) is 23.2. The third-order valence-corrected chi connectivity index (χ3v) is 6.35. The lowest BCUT2D eigenvalue weighted by Crippen LogP contribution is -2.56. The van der Waals surface area contributed by atoms with E-state index in [0.29, 0.717) is 25.3 Å². The molecule has 1 fully saturated rings. The molecule has 26 heavy (non-hydrogen) atoms. The highest BCUT2D eigenvalue weighted by Crippen LogP contribution is 2.14. The maximum absolute atomic E-state index is 12.9. The fraction of sp³-hybridized carbons (Fsp3) is 0.588. The Labute approximate surface area is 166 Å². The van der Waals surface area contributed by atoms with E-state index in [9.17, 15) is 13.2 Å². The van der Waals surface area contributed by atoms with Gasteiger partial charge in [0.1, 0.15) is 6.04 Å². The summed E-state index contributed by atoms with van der Waals surface area (Å²) in [6.45, 7) is 5.85. The van der Waals surface area contributed by atoms with Gasteiger partial charge >= 0.3 is 0 Å². The number of piperazine rings is 1. The zero-order valence-electron chi connectivity index (χ0n) is 15.4. The molecule has 1 aromatic rings. The number of nitrogens with zero attached hydrogens (tertiary/aromatic N) is 1. The van der Waals surface area contributed by atoms with E-state index in [4.69, 9.17) is 0 Å². The molecule has 0 bridgehead atoms. The van der Waals surface area contributed by atoms with Crippen molar-refractivity contribution in [1.29, 1.82) is 0 Å². The molecular weight excluding hydrogens is 394 g/mol. The van der Waals surface area contributed by atoms with E-state index in [1.165, 1.54) is 0 Å². The van der Waals surface area contributed by atoms with Crippen molar-refractivity contribution in [2.75, 3.05) is 31.6 Å². The highest BCUT2D eigenvalue weighted by molar-refractivity contribution is 7.98. The molecule has 148 valence electrons. The summed E-state index contributed by atoms with van der Waals surface area (Å²) >= 11 is 1.60. The van der Waals surface area contributed by atoms with Crippen molar-refractivity contribution in [1.82, 2.24) is 14.9 Å². The number of hydrogen-bond acceptors (Lipinski definition) is 5. The average molecular weight is 422 g/mol. The van der Waals surface area contributed by atoms with Gasteiger partial charge in [0.2, 0.25) is 15.9 Å². The van der Waals surface area contributed by atoms with Crippen LogP contribution in [-0.4, -0.2) is 63.0 Å². The van der Waals surface area contributed by atoms with Crippen LogP contribution in [0.1, 0.15) is 18.9 Å². The molecule has 1 saturated heterocycles. The van der Waals surface area contributed by atoms with Crippen LogP contribution in [0.5, 0.6) is 0 Å². The van der Waals surface area contributed by atoms with Crippen LogP contribution in [0.4, 0.5) is 0 Å². The Hall–Kier alpha value is -0.800. The van der Waals surface area contributed by atoms with Crippen molar-refractivity contribution in [2.24, 2.45) is 0 Å². The maximum Gasteiger partial charge on any atom is 0.241 e. The summed E-state index contributed by atoms with van der Waals surface area (Å²) < 4.78 is 28.0. The molecule has 0 aromatic heterocycles. The maximum atomic E-state index is 12.9. The van der Waals surface area contributed by atoms with E-state index in [-0.39, 0.29) is 29.3 Å². The van der Waals surface area contributed by atoms with Gasteiger partial charge in [-0.1, -0.05) is 17.7 Å². The minimum Gasteiger partial charge on any atom is -0.338 e. The molecule has 0 aliphatic carbocycles. The second kappa shape index (κ2) is 10.5. The minimum atomic E-state index is -3.73. The van der Waals surface area contributed by atoms with Crippen molar-refractivity contribution >= 4 is 40.1 Å². The number of nitrogens with one attached hydrogen (secondary N) is 2. The number of carbonyl (C=O) groups is 1. The number of halogens is 1. The first-order valence-electron chi connectivity index (χ1n) is 8.43. The van der Waals surface area contributed by atoms with Crippen LogP contribution < -0.4 is 10.0 Å². The summed E-state index contributed by atoms with van der Waals surface area (Å²) in [5.41, 5.74) is 0.990. The third-order valence-electron chi connectivity index (χ3n) is 4.22. The summed E-state index contributed by atoms with van der Waals surface area (Å²) in [5.74, 6) is 0.576. The van der Waals surface area contributed by atoms with Gasteiger partial charge < -0.3 is 10.2 Å². The molecule has 1 aliphatic heterocycles. The van der Waals surface area contributed by atoms with Crippen molar-refractivity contribution < 1.29 is 13.2 Å². The van der Waals surface area contributed by atoms with E-state index in [0.717, 1.165) is 12.1 Å². The summed E-state index contributed by atoms with van der Waals surface area (Å²) in [6.07, 6.45) is 2.42. The van der Waals surface area contributed by atoms with E-state index in [1.54, 1.807) is 40.9 Å². The predicted molar refractivity (Wildman–Crippen MR) is 110 cm³/mol. The van der Waals surface area contributed by atoms with Crippen molar-refractivity contribution in [3.05, 3.63) is 29.8 Å². The highest BCUT2D eigenvalue weighted by atomic mass is 35.5. The topological polar surface area (TPSA) is 78.5 Å². The van der Waals surface area contributed by atoms with Crippen LogP contribution >= 0.6 is 24.2 Å². The number of hydrogen-bond donors (Lipinski definition) is 2. The van der Waals surface area contributed by atoms with E-state index in [2.05, 4.69) is 10.0 Å². The molecular formula is C17H28ClN3O3S2. The second-order valence-electron chi connectivity index (χ2n) is 6.41. The number of thioether (sulfide) groups is 1. The Morgan fingerprint density at radius 1 is 1.38 bits per heavy atom. The zero-order valence-corrected chi connectivity index (χ0v) is 17.8. The van der Waals surface area contributed by atoms with Gasteiger partial charge in [0, 0.05) is 25.7 Å². The normalized spacial score (nSPS) is 18.9. The van der Waals surface area contributed by atoms with Crippen LogP contribution in [0.3, 0.4) is 0 Å². The van der Waals surface area contributed by atoms with Gasteiger partial charge in [-0.2, -0.15) is 16.5 Å². The molecule has 1 amide bonds. The van der Waals surface area contributed by atoms with Crippen molar-refractivity contribution in [3.8, 4) is 0 Å². The van der Waals surface area contributed by atoms with E-state index < -0.39 is 16.1 Å². The van der Waals surface area contributed by atoms with E-state index >= 15 is 0 Å².